The average Bonchev–Trinajstić information content (AvgIpc) is 2.63. The SMILES string of the molecule is CNc1nc(Nc2ccc(N3CCN(C)CC3)cc2)ncc1[N+](=O)[O-]. The van der Waals surface area contributed by atoms with E-state index in [9.17, 15) is 10.1 Å². The summed E-state index contributed by atoms with van der Waals surface area (Å²) < 4.78 is 0. The van der Waals surface area contributed by atoms with E-state index in [0.29, 0.717) is 5.95 Å². The molecule has 0 bridgehead atoms. The minimum absolute atomic E-state index is 0.154. The first-order valence-corrected chi connectivity index (χ1v) is 8.06. The lowest BCUT2D eigenvalue weighted by Crippen LogP contribution is -2.44. The Balaban J connectivity index is 1.70. The number of nitro groups is 1. The molecule has 0 unspecified atom stereocenters. The lowest BCUT2D eigenvalue weighted by Gasteiger charge is -2.34. The summed E-state index contributed by atoms with van der Waals surface area (Å²) in [6, 6.07) is 8.02. The van der Waals surface area contributed by atoms with Crippen LogP contribution < -0.4 is 15.5 Å². The van der Waals surface area contributed by atoms with Gasteiger partial charge in [-0.25, -0.2) is 4.98 Å². The number of likely N-dealkylation sites (N-methyl/N-ethyl adjacent to an activating group) is 1. The number of rotatable bonds is 5. The number of nitrogens with one attached hydrogen (secondary N) is 2. The Morgan fingerprint density at radius 2 is 1.84 bits per heavy atom. The molecule has 9 nitrogen and oxygen atoms in total. The monoisotopic (exact) mass is 343 g/mol. The summed E-state index contributed by atoms with van der Waals surface area (Å²) in [5.74, 6) is 0.485. The van der Waals surface area contributed by atoms with Crippen LogP contribution in [0.1, 0.15) is 0 Å². The second kappa shape index (κ2) is 7.31. The van der Waals surface area contributed by atoms with Crippen molar-refractivity contribution in [2.45, 2.75) is 0 Å². The van der Waals surface area contributed by atoms with Crippen LogP contribution in [0.3, 0.4) is 0 Å². The van der Waals surface area contributed by atoms with Crippen LogP contribution in [0.25, 0.3) is 0 Å². The number of piperazine rings is 1. The maximum absolute atomic E-state index is 10.9. The van der Waals surface area contributed by atoms with Gasteiger partial charge in [-0.05, 0) is 31.3 Å². The van der Waals surface area contributed by atoms with Crippen molar-refractivity contribution in [2.75, 3.05) is 55.8 Å². The summed E-state index contributed by atoms with van der Waals surface area (Å²) in [6.45, 7) is 4.15. The molecule has 0 aliphatic carbocycles. The van der Waals surface area contributed by atoms with Gasteiger partial charge in [0.25, 0.3) is 0 Å². The second-order valence-corrected chi connectivity index (χ2v) is 5.90. The Bertz CT molecular complexity index is 743. The lowest BCUT2D eigenvalue weighted by molar-refractivity contribution is -0.384. The maximum atomic E-state index is 10.9. The molecule has 1 aromatic heterocycles. The van der Waals surface area contributed by atoms with Crippen molar-refractivity contribution in [3.63, 3.8) is 0 Å². The van der Waals surface area contributed by atoms with Gasteiger partial charge in [0.1, 0.15) is 6.20 Å². The molecule has 0 atom stereocenters. The van der Waals surface area contributed by atoms with Gasteiger partial charge in [0, 0.05) is 44.6 Å². The zero-order valence-electron chi connectivity index (χ0n) is 14.3. The third kappa shape index (κ3) is 3.94. The first kappa shape index (κ1) is 16.9. The summed E-state index contributed by atoms with van der Waals surface area (Å²) in [7, 11) is 3.72. The molecule has 0 amide bonds. The fourth-order valence-corrected chi connectivity index (χ4v) is 2.70. The molecule has 9 heteroatoms. The van der Waals surface area contributed by atoms with Crippen molar-refractivity contribution in [3.8, 4) is 0 Å². The van der Waals surface area contributed by atoms with E-state index in [4.69, 9.17) is 0 Å². The Morgan fingerprint density at radius 3 is 2.44 bits per heavy atom. The Labute approximate surface area is 145 Å². The molecule has 2 N–H and O–H groups in total. The third-order valence-corrected chi connectivity index (χ3v) is 4.19. The van der Waals surface area contributed by atoms with Gasteiger partial charge in [-0.1, -0.05) is 0 Å². The summed E-state index contributed by atoms with van der Waals surface area (Å²) in [4.78, 5) is 23.2. The minimum Gasteiger partial charge on any atom is -0.369 e. The number of hydrogen-bond acceptors (Lipinski definition) is 8. The molecule has 0 radical (unpaired) electrons. The van der Waals surface area contributed by atoms with Crippen LogP contribution in [0.4, 0.5) is 28.8 Å². The molecule has 1 aliphatic heterocycles. The van der Waals surface area contributed by atoms with Gasteiger partial charge < -0.3 is 20.4 Å². The number of nitrogens with zero attached hydrogens (tertiary/aromatic N) is 5. The predicted molar refractivity (Wildman–Crippen MR) is 97.7 cm³/mol. The van der Waals surface area contributed by atoms with E-state index in [0.717, 1.165) is 31.9 Å². The molecular formula is C16H21N7O2. The highest BCUT2D eigenvalue weighted by molar-refractivity contribution is 5.62. The number of anilines is 4. The van der Waals surface area contributed by atoms with Crippen LogP contribution in [-0.4, -0.2) is 60.1 Å². The molecule has 1 aliphatic rings. The number of aromatic nitrogens is 2. The molecule has 0 spiro atoms. The Hall–Kier alpha value is -2.94. The molecule has 25 heavy (non-hydrogen) atoms. The second-order valence-electron chi connectivity index (χ2n) is 5.90. The fourth-order valence-electron chi connectivity index (χ4n) is 2.70. The largest absolute Gasteiger partial charge is 0.369 e. The Kier molecular flexibility index (Phi) is 4.94. The van der Waals surface area contributed by atoms with Crippen molar-refractivity contribution in [2.24, 2.45) is 0 Å². The van der Waals surface area contributed by atoms with Crippen LogP contribution in [0.2, 0.25) is 0 Å². The zero-order chi connectivity index (χ0) is 17.8. The van der Waals surface area contributed by atoms with Gasteiger partial charge in [-0.2, -0.15) is 4.98 Å². The molecule has 1 aromatic carbocycles. The maximum Gasteiger partial charge on any atom is 0.329 e. The van der Waals surface area contributed by atoms with Gasteiger partial charge in [0.15, 0.2) is 0 Å². The summed E-state index contributed by atoms with van der Waals surface area (Å²) >= 11 is 0. The van der Waals surface area contributed by atoms with E-state index in [1.165, 1.54) is 11.9 Å². The van der Waals surface area contributed by atoms with Gasteiger partial charge in [0.05, 0.1) is 4.92 Å². The quantitative estimate of drug-likeness (QED) is 0.627. The third-order valence-electron chi connectivity index (χ3n) is 4.19. The molecular weight excluding hydrogens is 322 g/mol. The van der Waals surface area contributed by atoms with Crippen LogP contribution in [-0.2, 0) is 0 Å². The Morgan fingerprint density at radius 1 is 1.16 bits per heavy atom. The molecule has 0 saturated carbocycles. The van der Waals surface area contributed by atoms with Gasteiger partial charge >= 0.3 is 5.69 Å². The molecule has 2 heterocycles. The smallest absolute Gasteiger partial charge is 0.329 e. The average molecular weight is 343 g/mol. The van der Waals surface area contributed by atoms with E-state index in [-0.39, 0.29) is 11.5 Å². The van der Waals surface area contributed by atoms with Gasteiger partial charge in [0.2, 0.25) is 11.8 Å². The standard InChI is InChI=1S/C16H21N7O2/c1-17-15-14(23(24)25)11-18-16(20-15)19-12-3-5-13(6-4-12)22-9-7-21(2)8-10-22/h3-6,11H,7-10H2,1-2H3,(H2,17,18,19,20). The lowest BCUT2D eigenvalue weighted by atomic mass is 10.2. The van der Waals surface area contributed by atoms with E-state index in [1.807, 2.05) is 12.1 Å². The zero-order valence-corrected chi connectivity index (χ0v) is 14.3. The van der Waals surface area contributed by atoms with E-state index >= 15 is 0 Å². The van der Waals surface area contributed by atoms with Crippen LogP contribution in [0.15, 0.2) is 30.5 Å². The van der Waals surface area contributed by atoms with Crippen LogP contribution in [0, 0.1) is 10.1 Å². The highest BCUT2D eigenvalue weighted by Gasteiger charge is 2.16. The van der Waals surface area contributed by atoms with Crippen LogP contribution >= 0.6 is 0 Å². The van der Waals surface area contributed by atoms with Gasteiger partial charge in [-0.3, -0.25) is 10.1 Å². The molecule has 1 saturated heterocycles. The molecule has 3 rings (SSSR count). The highest BCUT2D eigenvalue weighted by Crippen LogP contribution is 2.24. The summed E-state index contributed by atoms with van der Waals surface area (Å²) in [5, 5.41) is 16.7. The first-order valence-electron chi connectivity index (χ1n) is 8.06. The minimum atomic E-state index is -0.513. The topological polar surface area (TPSA) is 99.5 Å². The van der Waals surface area contributed by atoms with E-state index in [2.05, 4.69) is 49.6 Å². The fraction of sp³-hybridized carbons (Fsp3) is 0.375. The molecule has 2 aromatic rings. The number of benzene rings is 1. The van der Waals surface area contributed by atoms with Gasteiger partial charge in [-0.15, -0.1) is 0 Å². The normalized spacial score (nSPS) is 15.0. The highest BCUT2D eigenvalue weighted by atomic mass is 16.6. The molecule has 132 valence electrons. The molecule has 1 fully saturated rings. The summed E-state index contributed by atoms with van der Waals surface area (Å²) in [6.07, 6.45) is 1.19. The van der Waals surface area contributed by atoms with E-state index in [1.54, 1.807) is 7.05 Å². The van der Waals surface area contributed by atoms with Crippen molar-refractivity contribution >= 4 is 28.8 Å². The first-order chi connectivity index (χ1) is 12.1. The number of hydrogen-bond donors (Lipinski definition) is 2. The van der Waals surface area contributed by atoms with Crippen molar-refractivity contribution < 1.29 is 4.92 Å². The predicted octanol–water partition coefficient (Wildman–Crippen LogP) is 1.92. The van der Waals surface area contributed by atoms with Crippen LogP contribution in [0.5, 0.6) is 0 Å². The summed E-state index contributed by atoms with van der Waals surface area (Å²) in [5.41, 5.74) is 1.85. The van der Waals surface area contributed by atoms with E-state index < -0.39 is 4.92 Å². The van der Waals surface area contributed by atoms with Crippen molar-refractivity contribution in [1.82, 2.24) is 14.9 Å². The van der Waals surface area contributed by atoms with Crippen molar-refractivity contribution in [1.29, 1.82) is 0 Å². The van der Waals surface area contributed by atoms with Crippen molar-refractivity contribution in [3.05, 3.63) is 40.6 Å².